The third-order valence-electron chi connectivity index (χ3n) is 2.05. The van der Waals surface area contributed by atoms with E-state index in [-0.39, 0.29) is 0 Å². The van der Waals surface area contributed by atoms with E-state index in [1.807, 2.05) is 0 Å². The summed E-state index contributed by atoms with van der Waals surface area (Å²) < 4.78 is 5.09. The average Bonchev–Trinajstić information content (AvgIpc) is 2.35. The maximum Gasteiger partial charge on any atom is 0.107 e. The zero-order valence-electron chi connectivity index (χ0n) is 6.05. The summed E-state index contributed by atoms with van der Waals surface area (Å²) in [7, 11) is 0. The van der Waals surface area contributed by atoms with Crippen molar-refractivity contribution in [1.82, 2.24) is 0 Å². The zero-order valence-corrected chi connectivity index (χ0v) is 6.05. The highest BCUT2D eigenvalue weighted by Gasteiger charge is 2.34. The molecule has 1 fully saturated rings. The summed E-state index contributed by atoms with van der Waals surface area (Å²) in [5.41, 5.74) is -0.958. The summed E-state index contributed by atoms with van der Waals surface area (Å²) in [6.07, 6.45) is 1.95. The molecule has 0 spiro atoms. The van der Waals surface area contributed by atoms with Crippen molar-refractivity contribution in [3.05, 3.63) is 0 Å². The van der Waals surface area contributed by atoms with Gasteiger partial charge >= 0.3 is 0 Å². The van der Waals surface area contributed by atoms with Gasteiger partial charge in [0.05, 0.1) is 5.97 Å². The Morgan fingerprint density at radius 2 is 2.50 bits per heavy atom. The molecule has 0 saturated carbocycles. The first-order valence-corrected chi connectivity index (χ1v) is 3.57. The minimum Gasteiger partial charge on any atom is -0.547 e. The molecule has 0 amide bonds. The molecule has 1 atom stereocenters. The molecule has 0 bridgehead atoms. The highest BCUT2D eigenvalue weighted by molar-refractivity contribution is 5.75. The Labute approximate surface area is 60.0 Å². The molecule has 1 unspecified atom stereocenters. The van der Waals surface area contributed by atoms with Crippen molar-refractivity contribution < 1.29 is 14.6 Å². The summed E-state index contributed by atoms with van der Waals surface area (Å²) in [5, 5.41) is 10.5. The van der Waals surface area contributed by atoms with Crippen molar-refractivity contribution in [2.45, 2.75) is 31.8 Å². The van der Waals surface area contributed by atoms with Gasteiger partial charge < -0.3 is 14.6 Å². The molecule has 0 aliphatic carbocycles. The molecule has 0 radical (unpaired) electrons. The van der Waals surface area contributed by atoms with E-state index < -0.39 is 11.6 Å². The lowest BCUT2D eigenvalue weighted by molar-refractivity contribution is -0.325. The Morgan fingerprint density at radius 3 is 2.70 bits per heavy atom. The second-order valence-corrected chi connectivity index (χ2v) is 2.59. The second-order valence-electron chi connectivity index (χ2n) is 2.59. The van der Waals surface area contributed by atoms with E-state index in [0.29, 0.717) is 19.4 Å². The molecule has 1 aliphatic rings. The minimum absolute atomic E-state index is 0.509. The Hall–Kier alpha value is -0.570. The topological polar surface area (TPSA) is 49.4 Å². The van der Waals surface area contributed by atoms with E-state index >= 15 is 0 Å². The van der Waals surface area contributed by atoms with Gasteiger partial charge in [-0.1, -0.05) is 6.92 Å². The van der Waals surface area contributed by atoms with Gasteiger partial charge in [-0.25, -0.2) is 0 Å². The van der Waals surface area contributed by atoms with Crippen molar-refractivity contribution in [2.75, 3.05) is 6.61 Å². The number of ether oxygens (including phenoxy) is 1. The van der Waals surface area contributed by atoms with Crippen molar-refractivity contribution >= 4 is 5.97 Å². The van der Waals surface area contributed by atoms with Crippen LogP contribution in [0.5, 0.6) is 0 Å². The first-order chi connectivity index (χ1) is 4.71. The van der Waals surface area contributed by atoms with Gasteiger partial charge in [0.1, 0.15) is 5.60 Å². The number of hydrogen-bond acceptors (Lipinski definition) is 3. The van der Waals surface area contributed by atoms with E-state index in [4.69, 9.17) is 4.74 Å². The number of carbonyl (C=O) groups excluding carboxylic acids is 1. The lowest BCUT2D eigenvalue weighted by atomic mass is 9.97. The van der Waals surface area contributed by atoms with E-state index in [2.05, 4.69) is 0 Å². The van der Waals surface area contributed by atoms with Gasteiger partial charge in [-0.2, -0.15) is 0 Å². The highest BCUT2D eigenvalue weighted by Crippen LogP contribution is 2.27. The van der Waals surface area contributed by atoms with Crippen LogP contribution in [0, 0.1) is 0 Å². The Balaban J connectivity index is 2.67. The van der Waals surface area contributed by atoms with Crippen LogP contribution >= 0.6 is 0 Å². The lowest BCUT2D eigenvalue weighted by Crippen LogP contribution is -2.47. The molecule has 58 valence electrons. The number of aliphatic carboxylic acids is 1. The maximum absolute atomic E-state index is 10.5. The van der Waals surface area contributed by atoms with Crippen LogP contribution in [0.15, 0.2) is 0 Å². The molecule has 3 nitrogen and oxygen atoms in total. The monoisotopic (exact) mass is 143 g/mol. The highest BCUT2D eigenvalue weighted by atomic mass is 16.5. The standard InChI is InChI=1S/C7H12O3/c1-2-7(6(8)9)4-3-5-10-7/h2-5H2,1H3,(H,8,9)/p-1. The zero-order chi connectivity index (χ0) is 7.61. The predicted molar refractivity (Wildman–Crippen MR) is 33.2 cm³/mol. The van der Waals surface area contributed by atoms with Crippen molar-refractivity contribution in [3.63, 3.8) is 0 Å². The van der Waals surface area contributed by atoms with Crippen molar-refractivity contribution in [3.8, 4) is 0 Å². The van der Waals surface area contributed by atoms with Crippen LogP contribution in [0.25, 0.3) is 0 Å². The molecule has 1 rings (SSSR count). The number of hydrogen-bond donors (Lipinski definition) is 0. The third-order valence-corrected chi connectivity index (χ3v) is 2.05. The smallest absolute Gasteiger partial charge is 0.107 e. The molecule has 3 heteroatoms. The van der Waals surface area contributed by atoms with Crippen molar-refractivity contribution in [2.24, 2.45) is 0 Å². The summed E-state index contributed by atoms with van der Waals surface area (Å²) in [4.78, 5) is 10.5. The van der Waals surface area contributed by atoms with E-state index in [9.17, 15) is 9.90 Å². The molecule has 0 N–H and O–H groups in total. The van der Waals surface area contributed by atoms with Gasteiger partial charge in [-0.3, -0.25) is 0 Å². The molecule has 1 saturated heterocycles. The van der Waals surface area contributed by atoms with Gasteiger partial charge in [0.25, 0.3) is 0 Å². The molecule has 0 aromatic heterocycles. The molecular formula is C7H11O3-. The molecular weight excluding hydrogens is 132 g/mol. The van der Waals surface area contributed by atoms with Crippen LogP contribution in [0.3, 0.4) is 0 Å². The predicted octanol–water partition coefficient (Wildman–Crippen LogP) is -0.305. The van der Waals surface area contributed by atoms with Crippen LogP contribution in [0.2, 0.25) is 0 Å². The number of carboxylic acid groups (broad SMARTS) is 1. The maximum atomic E-state index is 10.5. The van der Waals surface area contributed by atoms with Gasteiger partial charge in [-0.15, -0.1) is 0 Å². The van der Waals surface area contributed by atoms with E-state index in [1.54, 1.807) is 6.92 Å². The second kappa shape index (κ2) is 2.58. The van der Waals surface area contributed by atoms with Crippen LogP contribution < -0.4 is 5.11 Å². The fraction of sp³-hybridized carbons (Fsp3) is 0.857. The first kappa shape index (κ1) is 7.54. The first-order valence-electron chi connectivity index (χ1n) is 3.57. The van der Waals surface area contributed by atoms with Gasteiger partial charge in [-0.05, 0) is 19.3 Å². The lowest BCUT2D eigenvalue weighted by Gasteiger charge is -2.27. The SMILES string of the molecule is CCC1(C(=O)[O-])CCCO1. The normalized spacial score (nSPS) is 32.5. The fourth-order valence-electron chi connectivity index (χ4n) is 1.28. The fourth-order valence-corrected chi connectivity index (χ4v) is 1.28. The number of rotatable bonds is 2. The van der Waals surface area contributed by atoms with Crippen LogP contribution in [-0.2, 0) is 9.53 Å². The molecule has 1 heterocycles. The number of carboxylic acids is 1. The van der Waals surface area contributed by atoms with E-state index in [0.717, 1.165) is 6.42 Å². The average molecular weight is 143 g/mol. The molecule has 1 aliphatic heterocycles. The van der Waals surface area contributed by atoms with Crippen LogP contribution in [-0.4, -0.2) is 18.2 Å². The largest absolute Gasteiger partial charge is 0.547 e. The molecule has 10 heavy (non-hydrogen) atoms. The molecule has 0 aromatic rings. The van der Waals surface area contributed by atoms with Crippen molar-refractivity contribution in [1.29, 1.82) is 0 Å². The third kappa shape index (κ3) is 1.01. The van der Waals surface area contributed by atoms with Crippen LogP contribution in [0.4, 0.5) is 0 Å². The molecule has 0 aromatic carbocycles. The number of carbonyl (C=O) groups is 1. The summed E-state index contributed by atoms with van der Waals surface area (Å²) in [5.74, 6) is -1.06. The summed E-state index contributed by atoms with van der Waals surface area (Å²) in [6, 6.07) is 0. The Bertz CT molecular complexity index is 136. The quantitative estimate of drug-likeness (QED) is 0.533. The summed E-state index contributed by atoms with van der Waals surface area (Å²) >= 11 is 0. The van der Waals surface area contributed by atoms with Gasteiger partial charge in [0.2, 0.25) is 0 Å². The van der Waals surface area contributed by atoms with Crippen LogP contribution in [0.1, 0.15) is 26.2 Å². The summed E-state index contributed by atoms with van der Waals surface area (Å²) in [6.45, 7) is 2.36. The van der Waals surface area contributed by atoms with E-state index in [1.165, 1.54) is 0 Å². The Morgan fingerprint density at radius 1 is 1.80 bits per heavy atom. The Kier molecular flexibility index (Phi) is 1.94. The minimum atomic E-state index is -1.06. The van der Waals surface area contributed by atoms with Gasteiger partial charge in [0.15, 0.2) is 0 Å². The van der Waals surface area contributed by atoms with Gasteiger partial charge in [0, 0.05) is 6.61 Å².